The molecule has 0 aliphatic rings. The summed E-state index contributed by atoms with van der Waals surface area (Å²) in [6, 6.07) is 2.91. The maximum atomic E-state index is 13.3. The van der Waals surface area contributed by atoms with Gasteiger partial charge < -0.3 is 5.32 Å². The summed E-state index contributed by atoms with van der Waals surface area (Å²) in [5.74, 6) is -1.18. The van der Waals surface area contributed by atoms with Crippen molar-refractivity contribution in [1.29, 1.82) is 0 Å². The Kier molecular flexibility index (Phi) is 3.27. The van der Waals surface area contributed by atoms with Crippen molar-refractivity contribution in [2.75, 3.05) is 7.05 Å². The predicted molar refractivity (Wildman–Crippen MR) is 52.5 cm³/mol. The zero-order valence-electron chi connectivity index (χ0n) is 6.70. The molecule has 1 aromatic carbocycles. The summed E-state index contributed by atoms with van der Waals surface area (Å²) in [6.07, 6.45) is 0. The first-order valence-electron chi connectivity index (χ1n) is 3.43. The van der Waals surface area contributed by atoms with Gasteiger partial charge in [-0.2, -0.15) is 0 Å². The van der Waals surface area contributed by atoms with Crippen molar-refractivity contribution in [3.05, 3.63) is 33.0 Å². The normalized spacial score (nSPS) is 9.85. The third kappa shape index (κ3) is 2.00. The molecule has 0 aromatic heterocycles. The van der Waals surface area contributed by atoms with Gasteiger partial charge in [-0.15, -0.1) is 0 Å². The maximum absolute atomic E-state index is 13.3. The van der Waals surface area contributed by atoms with E-state index in [-0.39, 0.29) is 15.1 Å². The Morgan fingerprint density at radius 2 is 2.23 bits per heavy atom. The van der Waals surface area contributed by atoms with Gasteiger partial charge in [0.25, 0.3) is 5.91 Å². The van der Waals surface area contributed by atoms with Crippen LogP contribution >= 0.6 is 27.5 Å². The number of halogens is 3. The lowest BCUT2D eigenvalue weighted by Gasteiger charge is -2.05. The zero-order valence-corrected chi connectivity index (χ0v) is 9.04. The zero-order chi connectivity index (χ0) is 10.0. The molecule has 1 aromatic rings. The molecule has 0 radical (unpaired) electrons. The lowest BCUT2D eigenvalue weighted by atomic mass is 10.2. The average molecular weight is 266 g/mol. The molecule has 1 rings (SSSR count). The van der Waals surface area contributed by atoms with Crippen LogP contribution in [0.3, 0.4) is 0 Å². The SMILES string of the molecule is CNC(=O)c1c(Cl)ccc(Br)c1F. The Morgan fingerprint density at radius 3 is 2.77 bits per heavy atom. The summed E-state index contributed by atoms with van der Waals surface area (Å²) in [5.41, 5.74) is -0.140. The van der Waals surface area contributed by atoms with E-state index in [1.54, 1.807) is 0 Å². The van der Waals surface area contributed by atoms with Crippen molar-refractivity contribution in [1.82, 2.24) is 5.32 Å². The molecule has 0 saturated heterocycles. The second-order valence-corrected chi connectivity index (χ2v) is 3.56. The third-order valence-electron chi connectivity index (χ3n) is 1.50. The number of hydrogen-bond donors (Lipinski definition) is 1. The first-order chi connectivity index (χ1) is 6.07. The van der Waals surface area contributed by atoms with E-state index in [2.05, 4.69) is 21.2 Å². The van der Waals surface area contributed by atoms with Crippen LogP contribution in [-0.2, 0) is 0 Å². The molecule has 0 spiro atoms. The van der Waals surface area contributed by atoms with Crippen molar-refractivity contribution in [2.24, 2.45) is 0 Å². The molecule has 2 nitrogen and oxygen atoms in total. The minimum Gasteiger partial charge on any atom is -0.355 e. The number of carbonyl (C=O) groups excluding carboxylic acids is 1. The molecule has 0 heterocycles. The summed E-state index contributed by atoms with van der Waals surface area (Å²) >= 11 is 8.62. The fraction of sp³-hybridized carbons (Fsp3) is 0.125. The van der Waals surface area contributed by atoms with E-state index in [0.29, 0.717) is 0 Å². The number of benzene rings is 1. The van der Waals surface area contributed by atoms with E-state index in [1.165, 1.54) is 19.2 Å². The summed E-state index contributed by atoms with van der Waals surface area (Å²) in [4.78, 5) is 11.2. The molecular formula is C8H6BrClFNO. The first-order valence-corrected chi connectivity index (χ1v) is 4.60. The van der Waals surface area contributed by atoms with Gasteiger partial charge in [0.2, 0.25) is 0 Å². The highest BCUT2D eigenvalue weighted by atomic mass is 79.9. The highest BCUT2D eigenvalue weighted by Gasteiger charge is 2.16. The van der Waals surface area contributed by atoms with E-state index in [0.717, 1.165) is 0 Å². The topological polar surface area (TPSA) is 29.1 Å². The lowest BCUT2D eigenvalue weighted by Crippen LogP contribution is -2.19. The Hall–Kier alpha value is -0.610. The molecular weight excluding hydrogens is 260 g/mol. The van der Waals surface area contributed by atoms with E-state index in [1.807, 2.05) is 0 Å². The average Bonchev–Trinajstić information content (AvgIpc) is 2.12. The largest absolute Gasteiger partial charge is 0.355 e. The van der Waals surface area contributed by atoms with Gasteiger partial charge >= 0.3 is 0 Å². The molecule has 0 unspecified atom stereocenters. The molecule has 0 fully saturated rings. The van der Waals surface area contributed by atoms with Gasteiger partial charge in [-0.25, -0.2) is 4.39 Å². The molecule has 0 bridgehead atoms. The minimum atomic E-state index is -0.646. The molecule has 13 heavy (non-hydrogen) atoms. The van der Waals surface area contributed by atoms with Gasteiger partial charge in [0, 0.05) is 7.05 Å². The summed E-state index contributed by atoms with van der Waals surface area (Å²) in [7, 11) is 1.42. The van der Waals surface area contributed by atoms with Gasteiger partial charge in [-0.3, -0.25) is 4.79 Å². The fourth-order valence-electron chi connectivity index (χ4n) is 0.860. The van der Waals surface area contributed by atoms with Gasteiger partial charge in [-0.05, 0) is 28.1 Å². The number of hydrogen-bond acceptors (Lipinski definition) is 1. The van der Waals surface area contributed by atoms with Crippen LogP contribution in [0, 0.1) is 5.82 Å². The molecule has 0 aliphatic heterocycles. The maximum Gasteiger partial charge on any atom is 0.255 e. The molecule has 0 aliphatic carbocycles. The van der Waals surface area contributed by atoms with Crippen molar-refractivity contribution >= 4 is 33.4 Å². The summed E-state index contributed by atoms with van der Waals surface area (Å²) in [6.45, 7) is 0. The van der Waals surface area contributed by atoms with Crippen molar-refractivity contribution in [3.63, 3.8) is 0 Å². The minimum absolute atomic E-state index is 0.0973. The van der Waals surface area contributed by atoms with Crippen LogP contribution in [0.4, 0.5) is 4.39 Å². The van der Waals surface area contributed by atoms with Gasteiger partial charge in [0.15, 0.2) is 5.82 Å². The second kappa shape index (κ2) is 4.07. The molecule has 0 saturated carbocycles. The lowest BCUT2D eigenvalue weighted by molar-refractivity contribution is 0.0959. The van der Waals surface area contributed by atoms with Gasteiger partial charge in [-0.1, -0.05) is 11.6 Å². The molecule has 1 amide bonds. The van der Waals surface area contributed by atoms with Crippen LogP contribution in [0.25, 0.3) is 0 Å². The molecule has 70 valence electrons. The van der Waals surface area contributed by atoms with Crippen LogP contribution in [0.1, 0.15) is 10.4 Å². The highest BCUT2D eigenvalue weighted by molar-refractivity contribution is 9.10. The highest BCUT2D eigenvalue weighted by Crippen LogP contribution is 2.25. The summed E-state index contributed by atoms with van der Waals surface area (Å²) in [5, 5.41) is 2.40. The van der Waals surface area contributed by atoms with Crippen molar-refractivity contribution in [3.8, 4) is 0 Å². The van der Waals surface area contributed by atoms with Gasteiger partial charge in [0.05, 0.1) is 15.1 Å². The third-order valence-corrected chi connectivity index (χ3v) is 2.43. The molecule has 5 heteroatoms. The standard InChI is InChI=1S/C8H6BrClFNO/c1-12-8(13)6-5(10)3-2-4(9)7(6)11/h2-3H,1H3,(H,12,13). The molecule has 1 N–H and O–H groups in total. The number of carbonyl (C=O) groups is 1. The van der Waals surface area contributed by atoms with E-state index in [9.17, 15) is 9.18 Å². The Bertz CT molecular complexity index is 356. The second-order valence-electron chi connectivity index (χ2n) is 2.30. The quantitative estimate of drug-likeness (QED) is 0.778. The van der Waals surface area contributed by atoms with Crippen molar-refractivity contribution < 1.29 is 9.18 Å². The number of rotatable bonds is 1. The first kappa shape index (κ1) is 10.5. The molecule has 0 atom stereocenters. The Morgan fingerprint density at radius 1 is 1.62 bits per heavy atom. The van der Waals surface area contributed by atoms with Crippen molar-refractivity contribution in [2.45, 2.75) is 0 Å². The monoisotopic (exact) mass is 265 g/mol. The van der Waals surface area contributed by atoms with Crippen LogP contribution in [0.2, 0.25) is 5.02 Å². The number of amides is 1. The van der Waals surface area contributed by atoms with E-state index < -0.39 is 11.7 Å². The van der Waals surface area contributed by atoms with Crippen LogP contribution in [0.5, 0.6) is 0 Å². The van der Waals surface area contributed by atoms with E-state index >= 15 is 0 Å². The van der Waals surface area contributed by atoms with Crippen LogP contribution < -0.4 is 5.32 Å². The number of nitrogens with one attached hydrogen (secondary N) is 1. The Labute approximate surface area is 88.2 Å². The predicted octanol–water partition coefficient (Wildman–Crippen LogP) is 2.60. The van der Waals surface area contributed by atoms with Gasteiger partial charge in [0.1, 0.15) is 0 Å². The van der Waals surface area contributed by atoms with Crippen LogP contribution in [0.15, 0.2) is 16.6 Å². The summed E-state index contributed by atoms with van der Waals surface area (Å²) < 4.78 is 13.5. The van der Waals surface area contributed by atoms with Crippen LogP contribution in [-0.4, -0.2) is 13.0 Å². The smallest absolute Gasteiger partial charge is 0.255 e. The van der Waals surface area contributed by atoms with E-state index in [4.69, 9.17) is 11.6 Å². The fourth-order valence-corrected chi connectivity index (χ4v) is 1.42. The Balaban J connectivity index is 3.33.